The van der Waals surface area contributed by atoms with E-state index in [1.54, 1.807) is 0 Å². The second-order valence-electron chi connectivity index (χ2n) is 6.73. The molecule has 1 aromatic rings. The minimum Gasteiger partial charge on any atom is -0.386 e. The van der Waals surface area contributed by atoms with Gasteiger partial charge in [0.1, 0.15) is 6.10 Å². The number of rotatable bonds is 3. The topological polar surface area (TPSA) is 50.5 Å². The fraction of sp³-hybridized carbons (Fsp3) is 0.812. The maximum absolute atomic E-state index is 10.3. The van der Waals surface area contributed by atoms with Crippen LogP contribution in [0.2, 0.25) is 0 Å². The molecule has 1 atom stereocenters. The first kappa shape index (κ1) is 13.7. The molecular formula is C16H25N3O2. The molecule has 2 aliphatic heterocycles. The molecule has 0 radical (unpaired) electrons. The largest absolute Gasteiger partial charge is 0.386 e. The highest BCUT2D eigenvalue weighted by Crippen LogP contribution is 2.40. The molecule has 1 N–H and O–H groups in total. The van der Waals surface area contributed by atoms with Crippen molar-refractivity contribution in [1.29, 1.82) is 0 Å². The first-order valence-electron chi connectivity index (χ1n) is 8.38. The molecule has 3 heterocycles. The lowest BCUT2D eigenvalue weighted by molar-refractivity contribution is 0.0315. The van der Waals surface area contributed by atoms with Gasteiger partial charge < -0.3 is 9.84 Å². The van der Waals surface area contributed by atoms with E-state index >= 15 is 0 Å². The summed E-state index contributed by atoms with van der Waals surface area (Å²) in [5.41, 5.74) is 2.16. The number of aromatic nitrogens is 2. The number of aryl methyl sites for hydroxylation is 1. The van der Waals surface area contributed by atoms with Crippen molar-refractivity contribution in [3.8, 4) is 0 Å². The van der Waals surface area contributed by atoms with Gasteiger partial charge in [0.25, 0.3) is 0 Å². The van der Waals surface area contributed by atoms with Crippen LogP contribution in [0, 0.1) is 5.92 Å². The SMILES string of the molecule is O[C@@H](c1cc2n(n1)CCCN(C1CCOCC1)C2)C1CC1. The molecule has 0 aromatic carbocycles. The van der Waals surface area contributed by atoms with E-state index < -0.39 is 0 Å². The van der Waals surface area contributed by atoms with Gasteiger partial charge in [-0.3, -0.25) is 9.58 Å². The van der Waals surface area contributed by atoms with Gasteiger partial charge in [-0.2, -0.15) is 5.10 Å². The first-order valence-corrected chi connectivity index (χ1v) is 8.38. The number of aliphatic hydroxyl groups is 1. The molecule has 1 saturated carbocycles. The molecule has 1 saturated heterocycles. The summed E-state index contributed by atoms with van der Waals surface area (Å²) in [5.74, 6) is 0.454. The molecule has 0 unspecified atom stereocenters. The second-order valence-corrected chi connectivity index (χ2v) is 6.73. The fourth-order valence-electron chi connectivity index (χ4n) is 3.67. The third-order valence-electron chi connectivity index (χ3n) is 5.14. The summed E-state index contributed by atoms with van der Waals surface area (Å²) in [7, 11) is 0. The Morgan fingerprint density at radius 3 is 2.76 bits per heavy atom. The molecule has 0 bridgehead atoms. The first-order chi connectivity index (χ1) is 10.3. The molecule has 5 nitrogen and oxygen atoms in total. The van der Waals surface area contributed by atoms with E-state index in [-0.39, 0.29) is 6.10 Å². The lowest BCUT2D eigenvalue weighted by Crippen LogP contribution is -2.39. The van der Waals surface area contributed by atoms with Crippen LogP contribution in [0.15, 0.2) is 6.07 Å². The van der Waals surface area contributed by atoms with Gasteiger partial charge in [-0.1, -0.05) is 0 Å². The number of aliphatic hydroxyl groups excluding tert-OH is 1. The van der Waals surface area contributed by atoms with E-state index in [1.807, 2.05) is 0 Å². The predicted molar refractivity (Wildman–Crippen MR) is 78.8 cm³/mol. The molecule has 2 fully saturated rings. The zero-order valence-electron chi connectivity index (χ0n) is 12.6. The number of nitrogens with zero attached hydrogens (tertiary/aromatic N) is 3. The van der Waals surface area contributed by atoms with Gasteiger partial charge in [-0.05, 0) is 44.1 Å². The van der Waals surface area contributed by atoms with Crippen LogP contribution in [-0.4, -0.2) is 45.6 Å². The summed E-state index contributed by atoms with van der Waals surface area (Å²) in [6, 6.07) is 2.79. The molecule has 5 heteroatoms. The summed E-state index contributed by atoms with van der Waals surface area (Å²) in [6.45, 7) is 4.88. The number of hydrogen-bond acceptors (Lipinski definition) is 4. The van der Waals surface area contributed by atoms with Crippen molar-refractivity contribution in [3.63, 3.8) is 0 Å². The summed E-state index contributed by atoms with van der Waals surface area (Å²) in [4.78, 5) is 2.59. The number of ether oxygens (including phenoxy) is 1. The van der Waals surface area contributed by atoms with Crippen LogP contribution in [0.1, 0.15) is 49.6 Å². The third-order valence-corrected chi connectivity index (χ3v) is 5.14. The maximum atomic E-state index is 10.3. The highest BCUT2D eigenvalue weighted by atomic mass is 16.5. The molecule has 0 spiro atoms. The van der Waals surface area contributed by atoms with Crippen LogP contribution in [0.3, 0.4) is 0 Å². The average Bonchev–Trinajstić information content (AvgIpc) is 3.32. The Morgan fingerprint density at radius 1 is 1.19 bits per heavy atom. The smallest absolute Gasteiger partial charge is 0.101 e. The Morgan fingerprint density at radius 2 is 2.00 bits per heavy atom. The van der Waals surface area contributed by atoms with Crippen LogP contribution < -0.4 is 0 Å². The van der Waals surface area contributed by atoms with E-state index in [9.17, 15) is 5.11 Å². The molecule has 1 aliphatic carbocycles. The molecule has 0 amide bonds. The number of fused-ring (bicyclic) bond motifs is 1. The average molecular weight is 291 g/mol. The normalized spacial score (nSPS) is 26.3. The molecule has 3 aliphatic rings. The monoisotopic (exact) mass is 291 g/mol. The zero-order chi connectivity index (χ0) is 14.2. The van der Waals surface area contributed by atoms with Gasteiger partial charge >= 0.3 is 0 Å². The van der Waals surface area contributed by atoms with Crippen LogP contribution in [0.4, 0.5) is 0 Å². The van der Waals surface area contributed by atoms with Crippen LogP contribution in [-0.2, 0) is 17.8 Å². The van der Waals surface area contributed by atoms with Crippen molar-refractivity contribution in [1.82, 2.24) is 14.7 Å². The van der Waals surface area contributed by atoms with Crippen molar-refractivity contribution >= 4 is 0 Å². The molecular weight excluding hydrogens is 266 g/mol. The standard InChI is InChI=1S/C16H25N3O2/c20-16(12-2-3-12)15-10-14-11-18(6-1-7-19(14)17-15)13-4-8-21-9-5-13/h10,12-13,16,20H,1-9,11H2/t16-/m1/s1. The summed E-state index contributed by atoms with van der Waals surface area (Å²) >= 11 is 0. The minimum absolute atomic E-state index is 0.346. The van der Waals surface area contributed by atoms with Crippen molar-refractivity contribution in [2.75, 3.05) is 19.8 Å². The van der Waals surface area contributed by atoms with E-state index in [4.69, 9.17) is 4.74 Å². The molecule has 1 aromatic heterocycles. The quantitative estimate of drug-likeness (QED) is 0.921. The minimum atomic E-state index is -0.346. The zero-order valence-corrected chi connectivity index (χ0v) is 12.6. The Balaban J connectivity index is 1.50. The third kappa shape index (κ3) is 2.87. The Labute approximate surface area is 125 Å². The second kappa shape index (κ2) is 5.71. The van der Waals surface area contributed by atoms with Gasteiger partial charge in [-0.25, -0.2) is 0 Å². The summed E-state index contributed by atoms with van der Waals surface area (Å²) in [5, 5.41) is 15.0. The van der Waals surface area contributed by atoms with E-state index in [2.05, 4.69) is 20.7 Å². The lowest BCUT2D eigenvalue weighted by atomic mass is 10.1. The summed E-state index contributed by atoms with van der Waals surface area (Å²) < 4.78 is 7.61. The van der Waals surface area contributed by atoms with Crippen molar-refractivity contribution in [2.45, 2.75) is 57.3 Å². The Hall–Kier alpha value is -0.910. The predicted octanol–water partition coefficient (Wildman–Crippen LogP) is 1.71. The fourth-order valence-corrected chi connectivity index (χ4v) is 3.67. The van der Waals surface area contributed by atoms with E-state index in [1.165, 1.54) is 5.69 Å². The van der Waals surface area contributed by atoms with Gasteiger partial charge in [0.05, 0.1) is 11.4 Å². The van der Waals surface area contributed by atoms with Crippen LogP contribution in [0.25, 0.3) is 0 Å². The Bertz CT molecular complexity index is 492. The van der Waals surface area contributed by atoms with Gasteiger partial charge in [0.15, 0.2) is 0 Å². The maximum Gasteiger partial charge on any atom is 0.101 e. The van der Waals surface area contributed by atoms with Crippen molar-refractivity contribution in [3.05, 3.63) is 17.5 Å². The van der Waals surface area contributed by atoms with E-state index in [0.717, 1.165) is 70.6 Å². The van der Waals surface area contributed by atoms with Gasteiger partial charge in [0, 0.05) is 38.9 Å². The number of hydrogen-bond donors (Lipinski definition) is 1. The van der Waals surface area contributed by atoms with Gasteiger partial charge in [-0.15, -0.1) is 0 Å². The molecule has 21 heavy (non-hydrogen) atoms. The van der Waals surface area contributed by atoms with Crippen LogP contribution >= 0.6 is 0 Å². The van der Waals surface area contributed by atoms with Crippen LogP contribution in [0.5, 0.6) is 0 Å². The Kier molecular flexibility index (Phi) is 3.73. The van der Waals surface area contributed by atoms with Crippen molar-refractivity contribution in [2.24, 2.45) is 5.92 Å². The highest BCUT2D eigenvalue weighted by Gasteiger charge is 2.33. The highest BCUT2D eigenvalue weighted by molar-refractivity contribution is 5.15. The lowest BCUT2D eigenvalue weighted by Gasteiger charge is -2.33. The molecule has 116 valence electrons. The molecule has 4 rings (SSSR count). The van der Waals surface area contributed by atoms with E-state index in [0.29, 0.717) is 12.0 Å². The van der Waals surface area contributed by atoms with Crippen molar-refractivity contribution < 1.29 is 9.84 Å². The van der Waals surface area contributed by atoms with Gasteiger partial charge in [0.2, 0.25) is 0 Å². The summed E-state index contributed by atoms with van der Waals surface area (Å²) in [6.07, 6.45) is 5.39.